The van der Waals surface area contributed by atoms with Crippen LogP contribution >= 0.6 is 15.9 Å². The summed E-state index contributed by atoms with van der Waals surface area (Å²) in [4.78, 5) is 8.09. The molecule has 0 saturated heterocycles. The molecule has 0 atom stereocenters. The van der Waals surface area contributed by atoms with Crippen LogP contribution in [-0.4, -0.2) is 9.97 Å². The topological polar surface area (TPSA) is 37.8 Å². The van der Waals surface area contributed by atoms with Gasteiger partial charge in [0.05, 0.1) is 11.9 Å². The lowest BCUT2D eigenvalue weighted by Crippen LogP contribution is -1.93. The van der Waals surface area contributed by atoms with Gasteiger partial charge in [0.25, 0.3) is 0 Å². The third-order valence-corrected chi connectivity index (χ3v) is 2.39. The van der Waals surface area contributed by atoms with Gasteiger partial charge in [-0.25, -0.2) is 4.98 Å². The maximum absolute atomic E-state index is 4.12. The van der Waals surface area contributed by atoms with Crippen LogP contribution in [0.5, 0.6) is 0 Å². The predicted molar refractivity (Wildman–Crippen MR) is 59.5 cm³/mol. The summed E-state index contributed by atoms with van der Waals surface area (Å²) >= 11 is 3.44. The molecule has 0 bridgehead atoms. The lowest BCUT2D eigenvalue weighted by molar-refractivity contribution is 1.20. The fraction of sp³-hybridized carbons (Fsp3) is 0. The fourth-order valence-corrected chi connectivity index (χ4v) is 1.45. The monoisotopic (exact) mass is 249 g/mol. The minimum atomic E-state index is 0.736. The zero-order valence-electron chi connectivity index (χ0n) is 7.31. The van der Waals surface area contributed by atoms with Gasteiger partial charge in [-0.05, 0) is 28.1 Å². The quantitative estimate of drug-likeness (QED) is 0.890. The normalized spacial score (nSPS) is 9.79. The Labute approximate surface area is 90.3 Å². The van der Waals surface area contributed by atoms with Gasteiger partial charge >= 0.3 is 0 Å². The van der Waals surface area contributed by atoms with Gasteiger partial charge < -0.3 is 5.32 Å². The molecule has 1 aromatic heterocycles. The van der Waals surface area contributed by atoms with Gasteiger partial charge in [-0.15, -0.1) is 0 Å². The third-order valence-electron chi connectivity index (χ3n) is 1.70. The van der Waals surface area contributed by atoms with Crippen LogP contribution in [0.15, 0.2) is 47.3 Å². The van der Waals surface area contributed by atoms with Crippen molar-refractivity contribution >= 4 is 27.4 Å². The van der Waals surface area contributed by atoms with Gasteiger partial charge in [0.15, 0.2) is 0 Å². The van der Waals surface area contributed by atoms with Crippen LogP contribution in [0.4, 0.5) is 11.5 Å². The standard InChI is InChI=1S/C10H8BrN3/c11-8-3-1-2-4-9(8)14-10-7-12-5-6-13-10/h1-7H,(H,13,14). The number of rotatable bonds is 2. The Morgan fingerprint density at radius 3 is 2.71 bits per heavy atom. The van der Waals surface area contributed by atoms with Gasteiger partial charge in [0.2, 0.25) is 0 Å². The number of nitrogens with one attached hydrogen (secondary N) is 1. The van der Waals surface area contributed by atoms with E-state index >= 15 is 0 Å². The predicted octanol–water partition coefficient (Wildman–Crippen LogP) is 2.98. The van der Waals surface area contributed by atoms with Gasteiger partial charge in [-0.3, -0.25) is 4.98 Å². The van der Waals surface area contributed by atoms with Crippen LogP contribution in [0.2, 0.25) is 0 Å². The molecule has 70 valence electrons. The first kappa shape index (κ1) is 9.15. The molecule has 4 heteroatoms. The molecule has 0 aliphatic heterocycles. The Balaban J connectivity index is 2.24. The molecule has 2 rings (SSSR count). The van der Waals surface area contributed by atoms with Crippen LogP contribution in [0.3, 0.4) is 0 Å². The van der Waals surface area contributed by atoms with Crippen LogP contribution in [-0.2, 0) is 0 Å². The van der Waals surface area contributed by atoms with E-state index in [4.69, 9.17) is 0 Å². The molecule has 1 aromatic carbocycles. The average Bonchev–Trinajstić information content (AvgIpc) is 2.23. The first-order valence-corrected chi connectivity index (χ1v) is 4.93. The summed E-state index contributed by atoms with van der Waals surface area (Å²) in [5.74, 6) is 0.736. The van der Waals surface area contributed by atoms with Crippen LogP contribution in [0.25, 0.3) is 0 Å². The lowest BCUT2D eigenvalue weighted by atomic mass is 10.3. The second-order valence-electron chi connectivity index (χ2n) is 2.70. The van der Waals surface area contributed by atoms with E-state index in [2.05, 4.69) is 31.2 Å². The number of anilines is 2. The number of benzene rings is 1. The van der Waals surface area contributed by atoms with Crippen molar-refractivity contribution < 1.29 is 0 Å². The molecular weight excluding hydrogens is 242 g/mol. The first-order valence-electron chi connectivity index (χ1n) is 4.14. The van der Waals surface area contributed by atoms with Crippen molar-refractivity contribution in [2.75, 3.05) is 5.32 Å². The maximum Gasteiger partial charge on any atom is 0.148 e. The Morgan fingerprint density at radius 1 is 1.14 bits per heavy atom. The van der Waals surface area contributed by atoms with Crippen LogP contribution in [0.1, 0.15) is 0 Å². The summed E-state index contributed by atoms with van der Waals surface area (Å²) in [6, 6.07) is 7.87. The minimum absolute atomic E-state index is 0.736. The second kappa shape index (κ2) is 4.19. The fourth-order valence-electron chi connectivity index (χ4n) is 1.06. The van der Waals surface area contributed by atoms with Crippen molar-refractivity contribution in [1.82, 2.24) is 9.97 Å². The number of para-hydroxylation sites is 1. The van der Waals surface area contributed by atoms with Crippen molar-refractivity contribution in [2.24, 2.45) is 0 Å². The van der Waals surface area contributed by atoms with Crippen molar-refractivity contribution in [1.29, 1.82) is 0 Å². The highest BCUT2D eigenvalue weighted by Crippen LogP contribution is 2.23. The van der Waals surface area contributed by atoms with Crippen molar-refractivity contribution in [2.45, 2.75) is 0 Å². The van der Waals surface area contributed by atoms with Crippen LogP contribution < -0.4 is 5.32 Å². The number of hydrogen-bond donors (Lipinski definition) is 1. The van der Waals surface area contributed by atoms with Crippen molar-refractivity contribution in [3.63, 3.8) is 0 Å². The SMILES string of the molecule is Brc1ccccc1Nc1cnccn1. The van der Waals surface area contributed by atoms with Crippen molar-refractivity contribution in [3.05, 3.63) is 47.3 Å². The molecule has 2 aromatic rings. The molecule has 1 N–H and O–H groups in total. The van der Waals surface area contributed by atoms with E-state index < -0.39 is 0 Å². The highest BCUT2D eigenvalue weighted by atomic mass is 79.9. The van der Waals surface area contributed by atoms with E-state index in [1.54, 1.807) is 18.6 Å². The van der Waals surface area contributed by atoms with E-state index in [1.165, 1.54) is 0 Å². The van der Waals surface area contributed by atoms with E-state index in [0.717, 1.165) is 16.0 Å². The molecule has 0 fully saturated rings. The van der Waals surface area contributed by atoms with Gasteiger partial charge in [-0.1, -0.05) is 12.1 Å². The Kier molecular flexibility index (Phi) is 2.74. The summed E-state index contributed by atoms with van der Waals surface area (Å²) in [7, 11) is 0. The Hall–Kier alpha value is -1.42. The molecule has 0 unspecified atom stereocenters. The summed E-state index contributed by atoms with van der Waals surface area (Å²) in [5.41, 5.74) is 0.980. The minimum Gasteiger partial charge on any atom is -0.338 e. The Bertz CT molecular complexity index is 417. The summed E-state index contributed by atoms with van der Waals surface area (Å²) in [6.45, 7) is 0. The molecule has 0 aliphatic carbocycles. The number of hydrogen-bond acceptors (Lipinski definition) is 3. The van der Waals surface area contributed by atoms with Crippen LogP contribution in [0, 0.1) is 0 Å². The zero-order valence-corrected chi connectivity index (χ0v) is 8.90. The van der Waals surface area contributed by atoms with Crippen molar-refractivity contribution in [3.8, 4) is 0 Å². The average molecular weight is 250 g/mol. The number of nitrogens with zero attached hydrogens (tertiary/aromatic N) is 2. The van der Waals surface area contributed by atoms with Gasteiger partial charge in [0.1, 0.15) is 5.82 Å². The zero-order chi connectivity index (χ0) is 9.80. The molecule has 0 aliphatic rings. The van der Waals surface area contributed by atoms with E-state index in [0.29, 0.717) is 0 Å². The van der Waals surface area contributed by atoms with E-state index in [1.807, 2.05) is 24.3 Å². The summed E-state index contributed by atoms with van der Waals surface area (Å²) in [5, 5.41) is 3.15. The molecule has 14 heavy (non-hydrogen) atoms. The highest BCUT2D eigenvalue weighted by Gasteiger charge is 1.98. The molecule has 0 spiro atoms. The second-order valence-corrected chi connectivity index (χ2v) is 3.55. The third kappa shape index (κ3) is 2.09. The molecule has 1 heterocycles. The summed E-state index contributed by atoms with van der Waals surface area (Å²) in [6.07, 6.45) is 4.98. The largest absolute Gasteiger partial charge is 0.338 e. The molecule has 0 radical (unpaired) electrons. The maximum atomic E-state index is 4.12. The summed E-state index contributed by atoms with van der Waals surface area (Å²) < 4.78 is 1.01. The van der Waals surface area contributed by atoms with E-state index in [9.17, 15) is 0 Å². The molecule has 0 amide bonds. The number of halogens is 1. The van der Waals surface area contributed by atoms with Gasteiger partial charge in [-0.2, -0.15) is 0 Å². The first-order chi connectivity index (χ1) is 6.86. The Morgan fingerprint density at radius 2 is 2.00 bits per heavy atom. The lowest BCUT2D eigenvalue weighted by Gasteiger charge is -2.05. The number of aromatic nitrogens is 2. The molecule has 0 saturated carbocycles. The van der Waals surface area contributed by atoms with E-state index in [-0.39, 0.29) is 0 Å². The smallest absolute Gasteiger partial charge is 0.148 e. The van der Waals surface area contributed by atoms with Gasteiger partial charge in [0, 0.05) is 16.9 Å². The highest BCUT2D eigenvalue weighted by molar-refractivity contribution is 9.10. The molecular formula is C10H8BrN3. The molecule has 3 nitrogen and oxygen atoms in total.